The first-order chi connectivity index (χ1) is 9.90. The van der Waals surface area contributed by atoms with Crippen LogP contribution < -0.4 is 5.32 Å². The number of aromatic nitrogens is 2. The van der Waals surface area contributed by atoms with Crippen LogP contribution in [0.1, 0.15) is 37.4 Å². The lowest BCUT2D eigenvalue weighted by atomic mass is 10.0. The van der Waals surface area contributed by atoms with E-state index in [1.165, 1.54) is 19.3 Å². The summed E-state index contributed by atoms with van der Waals surface area (Å²) in [5, 5.41) is 7.43. The van der Waals surface area contributed by atoms with Crippen molar-refractivity contribution < 1.29 is 9.26 Å². The van der Waals surface area contributed by atoms with Crippen LogP contribution in [0.15, 0.2) is 4.52 Å². The molecule has 20 heavy (non-hydrogen) atoms. The van der Waals surface area contributed by atoms with Crippen molar-refractivity contribution in [2.45, 2.75) is 44.8 Å². The number of nitrogens with zero attached hydrogens (tertiary/aromatic N) is 3. The van der Waals surface area contributed by atoms with E-state index in [1.807, 2.05) is 0 Å². The minimum Gasteiger partial charge on any atom is -0.378 e. The Morgan fingerprint density at radius 1 is 1.25 bits per heavy atom. The Kier molecular flexibility index (Phi) is 5.00. The van der Waals surface area contributed by atoms with E-state index in [1.54, 1.807) is 0 Å². The second kappa shape index (κ2) is 7.15. The van der Waals surface area contributed by atoms with Gasteiger partial charge in [-0.3, -0.25) is 4.90 Å². The topological polar surface area (TPSA) is 63.4 Å². The Morgan fingerprint density at radius 3 is 2.95 bits per heavy atom. The van der Waals surface area contributed by atoms with Crippen molar-refractivity contribution in [3.8, 4) is 0 Å². The van der Waals surface area contributed by atoms with E-state index in [0.717, 1.165) is 63.9 Å². The molecule has 3 rings (SSSR count). The largest absolute Gasteiger partial charge is 0.378 e. The normalized spacial score (nSPS) is 24.9. The van der Waals surface area contributed by atoms with Crippen LogP contribution in [0.3, 0.4) is 0 Å². The maximum Gasteiger partial charge on any atom is 0.226 e. The van der Waals surface area contributed by atoms with Crippen molar-refractivity contribution in [1.82, 2.24) is 20.4 Å². The molecule has 0 radical (unpaired) electrons. The summed E-state index contributed by atoms with van der Waals surface area (Å²) >= 11 is 0. The Balaban J connectivity index is 1.43. The smallest absolute Gasteiger partial charge is 0.226 e. The summed E-state index contributed by atoms with van der Waals surface area (Å²) in [6.07, 6.45) is 5.86. The fraction of sp³-hybridized carbons (Fsp3) is 0.857. The molecule has 1 aromatic rings. The zero-order chi connectivity index (χ0) is 13.6. The molecule has 2 saturated heterocycles. The van der Waals surface area contributed by atoms with Crippen LogP contribution in [0, 0.1) is 0 Å². The van der Waals surface area contributed by atoms with E-state index in [-0.39, 0.29) is 0 Å². The summed E-state index contributed by atoms with van der Waals surface area (Å²) in [7, 11) is 0. The van der Waals surface area contributed by atoms with Crippen molar-refractivity contribution in [3.05, 3.63) is 11.7 Å². The van der Waals surface area contributed by atoms with Gasteiger partial charge in [0.2, 0.25) is 5.89 Å². The third-order valence-electron chi connectivity index (χ3n) is 4.04. The highest BCUT2D eigenvalue weighted by Gasteiger charge is 2.17. The van der Waals surface area contributed by atoms with Gasteiger partial charge in [0.1, 0.15) is 0 Å². The molecule has 112 valence electrons. The zero-order valence-electron chi connectivity index (χ0n) is 12.0. The first-order valence-corrected chi connectivity index (χ1v) is 7.76. The summed E-state index contributed by atoms with van der Waals surface area (Å²) in [6, 6.07) is 0. The van der Waals surface area contributed by atoms with Gasteiger partial charge in [-0.1, -0.05) is 5.16 Å². The maximum absolute atomic E-state index is 5.72. The van der Waals surface area contributed by atoms with Gasteiger partial charge in [-0.15, -0.1) is 0 Å². The fourth-order valence-corrected chi connectivity index (χ4v) is 2.84. The first kappa shape index (κ1) is 14.0. The molecule has 6 heteroatoms. The van der Waals surface area contributed by atoms with E-state index in [0.29, 0.717) is 6.10 Å². The molecule has 0 aliphatic carbocycles. The molecule has 0 spiro atoms. The molecule has 0 saturated carbocycles. The van der Waals surface area contributed by atoms with Crippen molar-refractivity contribution in [2.75, 3.05) is 32.8 Å². The summed E-state index contributed by atoms with van der Waals surface area (Å²) in [5.41, 5.74) is 0. The second-order valence-corrected chi connectivity index (χ2v) is 5.66. The van der Waals surface area contributed by atoms with E-state index < -0.39 is 0 Å². The van der Waals surface area contributed by atoms with Crippen LogP contribution in [0.2, 0.25) is 0 Å². The van der Waals surface area contributed by atoms with Gasteiger partial charge in [0.15, 0.2) is 5.82 Å². The lowest BCUT2D eigenvalue weighted by Gasteiger charge is -2.25. The van der Waals surface area contributed by atoms with Gasteiger partial charge in [0.25, 0.3) is 0 Å². The summed E-state index contributed by atoms with van der Waals surface area (Å²) < 4.78 is 11.1. The molecule has 1 unspecified atom stereocenters. The van der Waals surface area contributed by atoms with Gasteiger partial charge in [-0.25, -0.2) is 0 Å². The van der Waals surface area contributed by atoms with E-state index >= 15 is 0 Å². The van der Waals surface area contributed by atoms with Gasteiger partial charge in [0.05, 0.1) is 12.6 Å². The van der Waals surface area contributed by atoms with Crippen molar-refractivity contribution >= 4 is 0 Å². The minimum absolute atomic E-state index is 0.382. The molecule has 3 heterocycles. The van der Waals surface area contributed by atoms with Crippen LogP contribution in [0.5, 0.6) is 0 Å². The van der Waals surface area contributed by atoms with E-state index in [2.05, 4.69) is 20.4 Å². The van der Waals surface area contributed by atoms with Crippen LogP contribution in [-0.4, -0.2) is 53.9 Å². The molecule has 0 amide bonds. The molecule has 6 nitrogen and oxygen atoms in total. The molecule has 0 aromatic carbocycles. The standard InChI is InChI=1S/C14H24N4O2/c1-2-10-19-12(3-1)4-5-14-16-13(17-20-14)11-18-8-6-15-7-9-18/h12,15H,1-11H2. The average Bonchev–Trinajstić information content (AvgIpc) is 2.95. The molecule has 1 atom stereocenters. The number of aryl methyl sites for hydroxylation is 1. The maximum atomic E-state index is 5.72. The lowest BCUT2D eigenvalue weighted by molar-refractivity contribution is 0.0104. The molecular formula is C14H24N4O2. The predicted octanol–water partition coefficient (Wildman–Crippen LogP) is 0.976. The summed E-state index contributed by atoms with van der Waals surface area (Å²) in [5.74, 6) is 1.57. The molecule has 2 aliphatic rings. The highest BCUT2D eigenvalue weighted by molar-refractivity contribution is 4.88. The van der Waals surface area contributed by atoms with Crippen LogP contribution in [-0.2, 0) is 17.7 Å². The van der Waals surface area contributed by atoms with Crippen molar-refractivity contribution in [1.29, 1.82) is 0 Å². The zero-order valence-corrected chi connectivity index (χ0v) is 12.0. The number of hydrogen-bond acceptors (Lipinski definition) is 6. The molecule has 1 aromatic heterocycles. The van der Waals surface area contributed by atoms with E-state index in [4.69, 9.17) is 9.26 Å². The minimum atomic E-state index is 0.382. The SMILES string of the molecule is C1CCC(CCc2nc(CN3CCNCC3)no2)OC1. The Hall–Kier alpha value is -0.980. The van der Waals surface area contributed by atoms with Gasteiger partial charge < -0.3 is 14.6 Å². The number of rotatable bonds is 5. The number of piperazine rings is 1. The second-order valence-electron chi connectivity index (χ2n) is 5.66. The molecular weight excluding hydrogens is 256 g/mol. The lowest BCUT2D eigenvalue weighted by Crippen LogP contribution is -2.43. The average molecular weight is 280 g/mol. The highest BCUT2D eigenvalue weighted by Crippen LogP contribution is 2.17. The van der Waals surface area contributed by atoms with Crippen LogP contribution in [0.25, 0.3) is 0 Å². The van der Waals surface area contributed by atoms with Gasteiger partial charge in [0, 0.05) is 39.2 Å². The van der Waals surface area contributed by atoms with Crippen LogP contribution in [0.4, 0.5) is 0 Å². The Morgan fingerprint density at radius 2 is 2.15 bits per heavy atom. The molecule has 2 fully saturated rings. The predicted molar refractivity (Wildman–Crippen MR) is 74.4 cm³/mol. The van der Waals surface area contributed by atoms with Gasteiger partial charge in [-0.05, 0) is 25.7 Å². The van der Waals surface area contributed by atoms with Gasteiger partial charge in [-0.2, -0.15) is 4.98 Å². The molecule has 0 bridgehead atoms. The Labute approximate surface area is 119 Å². The number of hydrogen-bond donors (Lipinski definition) is 1. The van der Waals surface area contributed by atoms with Crippen molar-refractivity contribution in [2.24, 2.45) is 0 Å². The fourth-order valence-electron chi connectivity index (χ4n) is 2.84. The van der Waals surface area contributed by atoms with Crippen molar-refractivity contribution in [3.63, 3.8) is 0 Å². The van der Waals surface area contributed by atoms with E-state index in [9.17, 15) is 0 Å². The summed E-state index contributed by atoms with van der Waals surface area (Å²) in [4.78, 5) is 6.85. The highest BCUT2D eigenvalue weighted by atomic mass is 16.5. The van der Waals surface area contributed by atoms with Gasteiger partial charge >= 0.3 is 0 Å². The number of ether oxygens (including phenoxy) is 1. The summed E-state index contributed by atoms with van der Waals surface area (Å²) in [6.45, 7) is 5.90. The molecule has 1 N–H and O–H groups in total. The third kappa shape index (κ3) is 4.01. The molecule has 2 aliphatic heterocycles. The Bertz CT molecular complexity index is 398. The third-order valence-corrected chi connectivity index (χ3v) is 4.04. The monoisotopic (exact) mass is 280 g/mol. The quantitative estimate of drug-likeness (QED) is 0.867. The number of nitrogens with one attached hydrogen (secondary N) is 1. The first-order valence-electron chi connectivity index (χ1n) is 7.76. The van der Waals surface area contributed by atoms with Crippen LogP contribution >= 0.6 is 0 Å².